The van der Waals surface area contributed by atoms with E-state index in [1.807, 2.05) is 4.90 Å². The highest BCUT2D eigenvalue weighted by molar-refractivity contribution is 6.30. The van der Waals surface area contributed by atoms with Crippen LogP contribution in [0.4, 0.5) is 0 Å². The predicted molar refractivity (Wildman–Crippen MR) is 88.2 cm³/mol. The fourth-order valence-corrected chi connectivity index (χ4v) is 2.77. The number of halogens is 1. The third-order valence-electron chi connectivity index (χ3n) is 4.05. The number of hydrogen-bond acceptors (Lipinski definition) is 3. The molecule has 0 bridgehead atoms. The molecular weight excluding hydrogens is 300 g/mol. The molecule has 122 valence electrons. The number of carbonyl (C=O) groups is 1. The van der Waals surface area contributed by atoms with Gasteiger partial charge in [0.2, 0.25) is 0 Å². The summed E-state index contributed by atoms with van der Waals surface area (Å²) in [5.41, 5.74) is 0.447. The summed E-state index contributed by atoms with van der Waals surface area (Å²) in [4.78, 5) is 18.7. The normalized spacial score (nSPS) is 22.1. The van der Waals surface area contributed by atoms with Crippen molar-refractivity contribution < 1.29 is 9.53 Å². The average Bonchev–Trinajstić information content (AvgIpc) is 2.52. The number of unbranched alkanes of at least 4 members (excludes halogenated alkanes) is 1. The molecule has 1 aliphatic rings. The average molecular weight is 325 g/mol. The number of pyridine rings is 1. The van der Waals surface area contributed by atoms with Crippen molar-refractivity contribution >= 4 is 17.5 Å². The van der Waals surface area contributed by atoms with Gasteiger partial charge in [0.1, 0.15) is 5.69 Å². The van der Waals surface area contributed by atoms with Gasteiger partial charge in [0, 0.05) is 19.3 Å². The van der Waals surface area contributed by atoms with Crippen LogP contribution in [-0.4, -0.2) is 41.1 Å². The van der Waals surface area contributed by atoms with Crippen molar-refractivity contribution in [2.75, 3.05) is 13.1 Å². The zero-order valence-electron chi connectivity index (χ0n) is 13.6. The van der Waals surface area contributed by atoms with E-state index >= 15 is 0 Å². The van der Waals surface area contributed by atoms with E-state index in [9.17, 15) is 4.79 Å². The number of carbonyl (C=O) groups excluding carboxylic acids is 1. The Bertz CT molecular complexity index is 490. The second-order valence-corrected chi connectivity index (χ2v) is 6.69. The van der Waals surface area contributed by atoms with Crippen LogP contribution in [-0.2, 0) is 4.74 Å². The minimum absolute atomic E-state index is 0.0351. The van der Waals surface area contributed by atoms with E-state index in [0.29, 0.717) is 29.7 Å². The smallest absolute Gasteiger partial charge is 0.272 e. The summed E-state index contributed by atoms with van der Waals surface area (Å²) in [5.74, 6) is 0.352. The van der Waals surface area contributed by atoms with Crippen molar-refractivity contribution in [1.29, 1.82) is 0 Å². The van der Waals surface area contributed by atoms with Crippen molar-refractivity contribution in [2.45, 2.75) is 52.2 Å². The van der Waals surface area contributed by atoms with Crippen LogP contribution in [0.3, 0.4) is 0 Å². The first-order chi connectivity index (χ1) is 10.5. The Balaban J connectivity index is 2.09. The van der Waals surface area contributed by atoms with E-state index in [2.05, 4.69) is 25.8 Å². The molecule has 0 aromatic carbocycles. The number of nitrogens with zero attached hydrogens (tertiary/aromatic N) is 2. The van der Waals surface area contributed by atoms with Gasteiger partial charge >= 0.3 is 0 Å². The summed E-state index contributed by atoms with van der Waals surface area (Å²) in [6.45, 7) is 7.71. The van der Waals surface area contributed by atoms with Crippen LogP contribution in [0.2, 0.25) is 5.02 Å². The zero-order chi connectivity index (χ0) is 16.1. The summed E-state index contributed by atoms with van der Waals surface area (Å²) < 4.78 is 6.15. The topological polar surface area (TPSA) is 42.4 Å². The maximum atomic E-state index is 12.7. The van der Waals surface area contributed by atoms with Gasteiger partial charge in [-0.15, -0.1) is 0 Å². The Kier molecular flexibility index (Phi) is 6.21. The summed E-state index contributed by atoms with van der Waals surface area (Å²) in [6, 6.07) is 3.39. The number of aromatic nitrogens is 1. The summed E-state index contributed by atoms with van der Waals surface area (Å²) in [7, 11) is 0. The summed E-state index contributed by atoms with van der Waals surface area (Å²) >= 11 is 5.84. The first kappa shape index (κ1) is 17.2. The molecule has 1 aromatic heterocycles. The molecule has 2 heterocycles. The molecular formula is C17H25ClN2O2. The minimum Gasteiger partial charge on any atom is -0.371 e. The second-order valence-electron chi connectivity index (χ2n) is 6.25. The Morgan fingerprint density at radius 2 is 2.23 bits per heavy atom. The standard InChI is InChI=1S/C17H25ClN2O2/c1-4-5-6-14-10-20(11-16(22-14)12(2)3)17(21)15-8-7-13(18)9-19-15/h7-9,12,14,16H,4-6,10-11H2,1-3H3/t14-,16-/m1/s1. The molecule has 0 spiro atoms. The van der Waals surface area contributed by atoms with Crippen LogP contribution < -0.4 is 0 Å². The lowest BCUT2D eigenvalue weighted by atomic mass is 10.0. The van der Waals surface area contributed by atoms with Crippen molar-refractivity contribution in [2.24, 2.45) is 5.92 Å². The molecule has 0 N–H and O–H groups in total. The molecule has 2 rings (SSSR count). The highest BCUT2D eigenvalue weighted by Gasteiger charge is 2.32. The Hall–Kier alpha value is -1.13. The lowest BCUT2D eigenvalue weighted by Crippen LogP contribution is -2.51. The fraction of sp³-hybridized carbons (Fsp3) is 0.647. The number of amides is 1. The molecule has 2 atom stereocenters. The highest BCUT2D eigenvalue weighted by atomic mass is 35.5. The minimum atomic E-state index is -0.0351. The third-order valence-corrected chi connectivity index (χ3v) is 4.27. The van der Waals surface area contributed by atoms with E-state index in [-0.39, 0.29) is 18.1 Å². The second kappa shape index (κ2) is 7.93. The molecule has 5 heteroatoms. The van der Waals surface area contributed by atoms with Crippen LogP contribution in [0, 0.1) is 5.92 Å². The fourth-order valence-electron chi connectivity index (χ4n) is 2.66. The van der Waals surface area contributed by atoms with Gasteiger partial charge in [-0.05, 0) is 24.5 Å². The van der Waals surface area contributed by atoms with Crippen molar-refractivity contribution in [3.05, 3.63) is 29.0 Å². The van der Waals surface area contributed by atoms with Crippen molar-refractivity contribution in [3.8, 4) is 0 Å². The monoisotopic (exact) mass is 324 g/mol. The van der Waals surface area contributed by atoms with Gasteiger partial charge in [0.15, 0.2) is 0 Å². The molecule has 0 unspecified atom stereocenters. The molecule has 1 aromatic rings. The van der Waals surface area contributed by atoms with Gasteiger partial charge in [-0.2, -0.15) is 0 Å². The molecule has 1 aliphatic heterocycles. The predicted octanol–water partition coefficient (Wildman–Crippen LogP) is 3.79. The molecule has 4 nitrogen and oxygen atoms in total. The first-order valence-corrected chi connectivity index (χ1v) is 8.45. The van der Waals surface area contributed by atoms with E-state index in [1.54, 1.807) is 12.1 Å². The molecule has 0 aliphatic carbocycles. The zero-order valence-corrected chi connectivity index (χ0v) is 14.3. The van der Waals surface area contributed by atoms with E-state index in [4.69, 9.17) is 16.3 Å². The van der Waals surface area contributed by atoms with Gasteiger partial charge in [-0.3, -0.25) is 4.79 Å². The summed E-state index contributed by atoms with van der Waals surface area (Å²) in [6.07, 6.45) is 4.99. The Labute approximate surface area is 137 Å². The van der Waals surface area contributed by atoms with E-state index in [1.165, 1.54) is 6.20 Å². The largest absolute Gasteiger partial charge is 0.371 e. The van der Waals surface area contributed by atoms with Crippen LogP contribution in [0.5, 0.6) is 0 Å². The number of rotatable bonds is 5. The first-order valence-electron chi connectivity index (χ1n) is 8.07. The van der Waals surface area contributed by atoms with Crippen LogP contribution in [0.15, 0.2) is 18.3 Å². The number of morpholine rings is 1. The van der Waals surface area contributed by atoms with Crippen molar-refractivity contribution in [1.82, 2.24) is 9.88 Å². The molecule has 0 radical (unpaired) electrons. The van der Waals surface area contributed by atoms with Crippen LogP contribution >= 0.6 is 11.6 Å². The molecule has 0 saturated carbocycles. The molecule has 1 fully saturated rings. The number of hydrogen-bond donors (Lipinski definition) is 0. The van der Waals surface area contributed by atoms with Crippen molar-refractivity contribution in [3.63, 3.8) is 0 Å². The molecule has 1 amide bonds. The van der Waals surface area contributed by atoms with Gasteiger partial charge in [-0.25, -0.2) is 4.98 Å². The van der Waals surface area contributed by atoms with Gasteiger partial charge in [0.05, 0.1) is 17.2 Å². The Morgan fingerprint density at radius 3 is 2.82 bits per heavy atom. The summed E-state index contributed by atoms with van der Waals surface area (Å²) in [5, 5.41) is 0.541. The quantitative estimate of drug-likeness (QED) is 0.827. The molecule has 22 heavy (non-hydrogen) atoms. The highest BCUT2D eigenvalue weighted by Crippen LogP contribution is 2.22. The maximum absolute atomic E-state index is 12.7. The van der Waals surface area contributed by atoms with Gasteiger partial charge in [0.25, 0.3) is 5.91 Å². The third kappa shape index (κ3) is 4.43. The van der Waals surface area contributed by atoms with E-state index in [0.717, 1.165) is 19.3 Å². The van der Waals surface area contributed by atoms with Gasteiger partial charge < -0.3 is 9.64 Å². The van der Waals surface area contributed by atoms with Gasteiger partial charge in [-0.1, -0.05) is 45.2 Å². The Morgan fingerprint density at radius 1 is 1.45 bits per heavy atom. The molecule has 1 saturated heterocycles. The SMILES string of the molecule is CCCC[C@@H]1CN(C(=O)c2ccc(Cl)cn2)C[C@H](C(C)C)O1. The van der Waals surface area contributed by atoms with Crippen LogP contribution in [0.25, 0.3) is 0 Å². The van der Waals surface area contributed by atoms with E-state index < -0.39 is 0 Å². The van der Waals surface area contributed by atoms with Crippen LogP contribution in [0.1, 0.15) is 50.5 Å². The number of ether oxygens (including phenoxy) is 1. The maximum Gasteiger partial charge on any atom is 0.272 e. The lowest BCUT2D eigenvalue weighted by Gasteiger charge is -2.39. The lowest BCUT2D eigenvalue weighted by molar-refractivity contribution is -0.0963.